The van der Waals surface area contributed by atoms with Crippen molar-refractivity contribution in [2.24, 2.45) is 7.05 Å². The zero-order valence-corrected chi connectivity index (χ0v) is 14.6. The van der Waals surface area contributed by atoms with Crippen molar-refractivity contribution in [2.45, 2.75) is 5.16 Å². The highest BCUT2D eigenvalue weighted by molar-refractivity contribution is 7.99. The molecule has 0 fully saturated rings. The Hall–Kier alpha value is -1.83. The minimum Gasteiger partial charge on any atom is -0.325 e. The van der Waals surface area contributed by atoms with Gasteiger partial charge in [0.05, 0.1) is 10.6 Å². The molecule has 0 aliphatic rings. The van der Waals surface area contributed by atoms with Gasteiger partial charge in [-0.05, 0) is 35.7 Å². The number of nitrogens with zero attached hydrogens (tertiary/aromatic N) is 3. The van der Waals surface area contributed by atoms with Crippen molar-refractivity contribution in [2.75, 3.05) is 11.1 Å². The van der Waals surface area contributed by atoms with Crippen molar-refractivity contribution in [1.29, 1.82) is 0 Å². The molecule has 1 aromatic carbocycles. The van der Waals surface area contributed by atoms with Crippen LogP contribution in [-0.4, -0.2) is 26.4 Å². The third-order valence-electron chi connectivity index (χ3n) is 3.04. The molecule has 3 rings (SSSR count). The fourth-order valence-corrected chi connectivity index (χ4v) is 3.50. The lowest BCUT2D eigenvalue weighted by Gasteiger charge is -2.05. The molecule has 118 valence electrons. The van der Waals surface area contributed by atoms with Gasteiger partial charge in [-0.3, -0.25) is 4.79 Å². The van der Waals surface area contributed by atoms with Crippen molar-refractivity contribution >= 4 is 46.3 Å². The topological polar surface area (TPSA) is 59.8 Å². The number of benzene rings is 1. The van der Waals surface area contributed by atoms with Gasteiger partial charge >= 0.3 is 0 Å². The van der Waals surface area contributed by atoms with Crippen LogP contribution in [0.3, 0.4) is 0 Å². The Labute approximate surface area is 146 Å². The van der Waals surface area contributed by atoms with Gasteiger partial charge in [-0.25, -0.2) is 0 Å². The third kappa shape index (κ3) is 3.93. The van der Waals surface area contributed by atoms with Crippen molar-refractivity contribution in [3.8, 4) is 10.7 Å². The second kappa shape index (κ2) is 7.16. The highest BCUT2D eigenvalue weighted by Crippen LogP contribution is 2.26. The molecule has 0 radical (unpaired) electrons. The van der Waals surface area contributed by atoms with Crippen LogP contribution < -0.4 is 5.32 Å². The standard InChI is InChI=1S/C15H13ClN4OS2/c1-20-14(12-3-2-8-22-12)18-19-15(20)23-9-13(21)17-11-6-4-10(16)5-7-11/h2-8H,9H2,1H3,(H,17,21). The van der Waals surface area contributed by atoms with Crippen LogP contribution in [0.2, 0.25) is 5.02 Å². The zero-order valence-electron chi connectivity index (χ0n) is 12.2. The van der Waals surface area contributed by atoms with Gasteiger partial charge in [0.1, 0.15) is 0 Å². The Morgan fingerprint density at radius 3 is 2.78 bits per heavy atom. The summed E-state index contributed by atoms with van der Waals surface area (Å²) in [6.45, 7) is 0. The summed E-state index contributed by atoms with van der Waals surface area (Å²) in [6, 6.07) is 11.0. The van der Waals surface area contributed by atoms with E-state index in [1.54, 1.807) is 35.6 Å². The predicted molar refractivity (Wildman–Crippen MR) is 95.1 cm³/mol. The number of thiophene rings is 1. The molecule has 5 nitrogen and oxygen atoms in total. The lowest BCUT2D eigenvalue weighted by atomic mass is 10.3. The van der Waals surface area contributed by atoms with Crippen LogP contribution in [-0.2, 0) is 11.8 Å². The molecule has 8 heteroatoms. The summed E-state index contributed by atoms with van der Waals surface area (Å²) in [4.78, 5) is 13.1. The van der Waals surface area contributed by atoms with Crippen LogP contribution in [0.5, 0.6) is 0 Å². The van der Waals surface area contributed by atoms with Gasteiger partial charge in [-0.1, -0.05) is 29.4 Å². The average molecular weight is 365 g/mol. The van der Waals surface area contributed by atoms with E-state index in [0.717, 1.165) is 16.4 Å². The summed E-state index contributed by atoms with van der Waals surface area (Å²) in [5.74, 6) is 0.970. The second-order valence-corrected chi connectivity index (χ2v) is 7.01. The molecule has 0 saturated carbocycles. The van der Waals surface area contributed by atoms with Crippen LogP contribution in [0.4, 0.5) is 5.69 Å². The predicted octanol–water partition coefficient (Wildman–Crippen LogP) is 3.93. The Morgan fingerprint density at radius 1 is 1.30 bits per heavy atom. The molecular formula is C15H13ClN4OS2. The maximum Gasteiger partial charge on any atom is 0.234 e. The Morgan fingerprint density at radius 2 is 2.09 bits per heavy atom. The fraction of sp³-hybridized carbons (Fsp3) is 0.133. The lowest BCUT2D eigenvalue weighted by molar-refractivity contribution is -0.113. The van der Waals surface area contributed by atoms with E-state index in [-0.39, 0.29) is 11.7 Å². The van der Waals surface area contributed by atoms with Crippen LogP contribution in [0, 0.1) is 0 Å². The maximum atomic E-state index is 12.0. The SMILES string of the molecule is Cn1c(SCC(=O)Nc2ccc(Cl)cc2)nnc1-c1cccs1. The molecule has 1 amide bonds. The quantitative estimate of drug-likeness (QED) is 0.697. The first kappa shape index (κ1) is 16.0. The minimum atomic E-state index is -0.0991. The summed E-state index contributed by atoms with van der Waals surface area (Å²) in [6.07, 6.45) is 0. The fourth-order valence-electron chi connectivity index (χ4n) is 1.92. The van der Waals surface area contributed by atoms with Gasteiger partial charge in [0.25, 0.3) is 0 Å². The number of amides is 1. The maximum absolute atomic E-state index is 12.0. The molecule has 0 saturated heterocycles. The summed E-state index contributed by atoms with van der Waals surface area (Å²) in [5.41, 5.74) is 0.720. The molecule has 2 aromatic heterocycles. The highest BCUT2D eigenvalue weighted by Gasteiger charge is 2.13. The molecule has 3 aromatic rings. The van der Waals surface area contributed by atoms with E-state index >= 15 is 0 Å². The summed E-state index contributed by atoms with van der Waals surface area (Å²) < 4.78 is 1.89. The molecule has 0 aliphatic carbocycles. The molecule has 0 spiro atoms. The molecule has 0 aliphatic heterocycles. The van der Waals surface area contributed by atoms with E-state index in [9.17, 15) is 4.79 Å². The molecule has 23 heavy (non-hydrogen) atoms. The van der Waals surface area contributed by atoms with E-state index in [0.29, 0.717) is 10.2 Å². The van der Waals surface area contributed by atoms with E-state index < -0.39 is 0 Å². The van der Waals surface area contributed by atoms with E-state index in [1.165, 1.54) is 11.8 Å². The lowest BCUT2D eigenvalue weighted by Crippen LogP contribution is -2.14. The molecule has 0 bridgehead atoms. The average Bonchev–Trinajstić information content (AvgIpc) is 3.17. The minimum absolute atomic E-state index is 0.0991. The second-order valence-electron chi connectivity index (χ2n) is 4.69. The smallest absolute Gasteiger partial charge is 0.234 e. The van der Waals surface area contributed by atoms with Crippen molar-refractivity contribution in [3.63, 3.8) is 0 Å². The number of anilines is 1. The number of hydrogen-bond acceptors (Lipinski definition) is 5. The zero-order chi connectivity index (χ0) is 16.2. The number of carbonyl (C=O) groups is 1. The van der Waals surface area contributed by atoms with Crippen LogP contribution >= 0.6 is 34.7 Å². The molecule has 0 atom stereocenters. The van der Waals surface area contributed by atoms with Crippen molar-refractivity contribution in [3.05, 3.63) is 46.8 Å². The number of hydrogen-bond donors (Lipinski definition) is 1. The molecular weight excluding hydrogens is 352 g/mol. The Kier molecular flexibility index (Phi) is 5.00. The van der Waals surface area contributed by atoms with Crippen molar-refractivity contribution < 1.29 is 4.79 Å². The number of nitrogens with one attached hydrogen (secondary N) is 1. The number of rotatable bonds is 5. The summed E-state index contributed by atoms with van der Waals surface area (Å²) in [5, 5.41) is 14.5. The van der Waals surface area contributed by atoms with Gasteiger partial charge in [0, 0.05) is 17.8 Å². The first-order valence-corrected chi connectivity index (χ1v) is 8.99. The van der Waals surface area contributed by atoms with Crippen LogP contribution in [0.1, 0.15) is 0 Å². The van der Waals surface area contributed by atoms with Crippen LogP contribution in [0.25, 0.3) is 10.7 Å². The largest absolute Gasteiger partial charge is 0.325 e. The Bertz CT molecular complexity index is 800. The molecule has 1 N–H and O–H groups in total. The Balaban J connectivity index is 1.60. The van der Waals surface area contributed by atoms with Crippen molar-refractivity contribution in [1.82, 2.24) is 14.8 Å². The van der Waals surface area contributed by atoms with Crippen LogP contribution in [0.15, 0.2) is 46.9 Å². The highest BCUT2D eigenvalue weighted by atomic mass is 35.5. The number of halogens is 1. The molecule has 0 unspecified atom stereocenters. The summed E-state index contributed by atoms with van der Waals surface area (Å²) >= 11 is 8.78. The first-order chi connectivity index (χ1) is 11.1. The summed E-state index contributed by atoms with van der Waals surface area (Å²) in [7, 11) is 1.90. The monoisotopic (exact) mass is 364 g/mol. The first-order valence-electron chi connectivity index (χ1n) is 6.75. The van der Waals surface area contributed by atoms with Gasteiger partial charge in [0.2, 0.25) is 5.91 Å². The van der Waals surface area contributed by atoms with Gasteiger partial charge in [0.15, 0.2) is 11.0 Å². The van der Waals surface area contributed by atoms with E-state index in [1.807, 2.05) is 29.1 Å². The van der Waals surface area contributed by atoms with E-state index in [4.69, 9.17) is 11.6 Å². The number of aromatic nitrogens is 3. The van der Waals surface area contributed by atoms with Gasteiger partial charge in [-0.2, -0.15) is 0 Å². The van der Waals surface area contributed by atoms with Gasteiger partial charge in [-0.15, -0.1) is 21.5 Å². The van der Waals surface area contributed by atoms with Gasteiger partial charge < -0.3 is 9.88 Å². The third-order valence-corrected chi connectivity index (χ3v) is 5.17. The number of thioether (sulfide) groups is 1. The number of carbonyl (C=O) groups excluding carboxylic acids is 1. The normalized spacial score (nSPS) is 10.7. The van der Waals surface area contributed by atoms with E-state index in [2.05, 4.69) is 15.5 Å². The molecule has 2 heterocycles.